The fourth-order valence-corrected chi connectivity index (χ4v) is 2.57. The maximum atomic E-state index is 10.6. The molecule has 0 aliphatic carbocycles. The van der Waals surface area contributed by atoms with Gasteiger partial charge in [-0.15, -0.1) is 0 Å². The van der Waals surface area contributed by atoms with Crippen molar-refractivity contribution in [3.8, 4) is 0 Å². The number of nitrogens with one attached hydrogen (secondary N) is 2. The van der Waals surface area contributed by atoms with E-state index in [1.165, 1.54) is 6.42 Å². The van der Waals surface area contributed by atoms with E-state index in [0.29, 0.717) is 12.8 Å². The maximum absolute atomic E-state index is 10.6. The molecule has 2 aliphatic heterocycles. The molecule has 27 heavy (non-hydrogen) atoms. The summed E-state index contributed by atoms with van der Waals surface area (Å²) in [5, 5.41) is 22.4. The molecule has 0 spiro atoms. The molecule has 1 amide bonds. The van der Waals surface area contributed by atoms with Crippen LogP contribution < -0.4 is 16.4 Å². The summed E-state index contributed by atoms with van der Waals surface area (Å²) in [5.74, 6) is -1.52. The first kappa shape index (κ1) is 25.3. The van der Waals surface area contributed by atoms with E-state index in [1.54, 1.807) is 0 Å². The predicted octanol–water partition coefficient (Wildman–Crippen LogP) is 0.243. The van der Waals surface area contributed by atoms with Crippen molar-refractivity contribution in [3.05, 3.63) is 0 Å². The second kappa shape index (κ2) is 17.7. The average Bonchev–Trinajstić information content (AvgIpc) is 2.88. The molecule has 6 N–H and O–H groups in total. The quantitative estimate of drug-likeness (QED) is 0.390. The Kier molecular flexibility index (Phi) is 16.6. The molecule has 0 saturated carbocycles. The van der Waals surface area contributed by atoms with E-state index in [-0.39, 0.29) is 18.7 Å². The highest BCUT2D eigenvalue weighted by atomic mass is 16.4. The number of carbonyl (C=O) groups excluding carboxylic acids is 1. The van der Waals surface area contributed by atoms with Crippen LogP contribution in [0.1, 0.15) is 51.4 Å². The molecule has 0 aromatic rings. The number of amides is 1. The Hall–Kier alpha value is -1.71. The Balaban J connectivity index is 0.000000377. The van der Waals surface area contributed by atoms with E-state index >= 15 is 0 Å². The first-order valence-electron chi connectivity index (χ1n) is 9.79. The molecule has 9 heteroatoms. The molecule has 2 saturated heterocycles. The molecule has 0 unspecified atom stereocenters. The zero-order chi connectivity index (χ0) is 20.3. The average molecular weight is 389 g/mol. The summed E-state index contributed by atoms with van der Waals surface area (Å²) < 4.78 is 0. The summed E-state index contributed by atoms with van der Waals surface area (Å²) in [5.41, 5.74) is 5.40. The van der Waals surface area contributed by atoms with Gasteiger partial charge < -0.3 is 26.6 Å². The van der Waals surface area contributed by atoms with Crippen LogP contribution in [0.25, 0.3) is 0 Å². The van der Waals surface area contributed by atoms with Gasteiger partial charge in [-0.05, 0) is 25.7 Å². The van der Waals surface area contributed by atoms with E-state index in [2.05, 4.69) is 15.5 Å². The molecule has 158 valence electrons. The Morgan fingerprint density at radius 3 is 2.07 bits per heavy atom. The van der Waals surface area contributed by atoms with Gasteiger partial charge in [0.15, 0.2) is 0 Å². The standard InChI is InChI=1S/C6H15N3.C6H11NO.C6H10O4/c7-1-4-9-5-2-8-3-6-9;8-6-4-2-1-3-5-7-6;7-5(8)3-1-2-4-6(9)10/h8H,1-7H2;1-5H2,(H,7,8);1-4H2,(H,7,8)(H,9,10). The van der Waals surface area contributed by atoms with Gasteiger partial charge in [-0.2, -0.15) is 0 Å². The number of carboxylic acid groups (broad SMARTS) is 2. The molecule has 2 fully saturated rings. The van der Waals surface area contributed by atoms with Crippen molar-refractivity contribution in [3.63, 3.8) is 0 Å². The largest absolute Gasteiger partial charge is 0.481 e. The first-order valence-corrected chi connectivity index (χ1v) is 9.79. The highest BCUT2D eigenvalue weighted by Gasteiger charge is 2.06. The van der Waals surface area contributed by atoms with Gasteiger partial charge in [0.05, 0.1) is 0 Å². The summed E-state index contributed by atoms with van der Waals surface area (Å²) in [6.45, 7) is 7.31. The number of unbranched alkanes of at least 4 members (excludes halogenated alkanes) is 1. The van der Waals surface area contributed by atoms with Crippen LogP contribution in [0, 0.1) is 0 Å². The fourth-order valence-electron chi connectivity index (χ4n) is 2.57. The highest BCUT2D eigenvalue weighted by molar-refractivity contribution is 5.75. The minimum atomic E-state index is -0.870. The van der Waals surface area contributed by atoms with Crippen molar-refractivity contribution >= 4 is 17.8 Å². The number of aliphatic carboxylic acids is 2. The van der Waals surface area contributed by atoms with Gasteiger partial charge in [-0.1, -0.05) is 6.42 Å². The van der Waals surface area contributed by atoms with Crippen LogP contribution in [0.3, 0.4) is 0 Å². The van der Waals surface area contributed by atoms with Gasteiger partial charge in [-0.3, -0.25) is 19.3 Å². The van der Waals surface area contributed by atoms with Gasteiger partial charge in [0.1, 0.15) is 0 Å². The predicted molar refractivity (Wildman–Crippen MR) is 104 cm³/mol. The third kappa shape index (κ3) is 18.9. The lowest BCUT2D eigenvalue weighted by Crippen LogP contribution is -2.45. The van der Waals surface area contributed by atoms with Crippen LogP contribution in [0.4, 0.5) is 0 Å². The molecular weight excluding hydrogens is 352 g/mol. The Labute approximate surface area is 161 Å². The number of hydrogen-bond donors (Lipinski definition) is 5. The minimum absolute atomic E-state index is 0.0628. The van der Waals surface area contributed by atoms with Crippen LogP contribution in [-0.2, 0) is 14.4 Å². The first-order chi connectivity index (χ1) is 13.0. The minimum Gasteiger partial charge on any atom is -0.481 e. The topological polar surface area (TPSA) is 145 Å². The smallest absolute Gasteiger partial charge is 0.303 e. The maximum Gasteiger partial charge on any atom is 0.303 e. The molecular formula is C18H36N4O5. The Morgan fingerprint density at radius 2 is 1.56 bits per heavy atom. The molecule has 0 bridgehead atoms. The molecule has 0 aromatic heterocycles. The van der Waals surface area contributed by atoms with E-state index in [9.17, 15) is 14.4 Å². The van der Waals surface area contributed by atoms with Gasteiger partial charge in [0.25, 0.3) is 0 Å². The Morgan fingerprint density at radius 1 is 0.963 bits per heavy atom. The lowest BCUT2D eigenvalue weighted by Gasteiger charge is -2.26. The molecule has 2 aliphatic rings. The zero-order valence-electron chi connectivity index (χ0n) is 16.3. The van der Waals surface area contributed by atoms with E-state index in [4.69, 9.17) is 15.9 Å². The number of nitrogens with two attached hydrogens (primary N) is 1. The monoisotopic (exact) mass is 388 g/mol. The van der Waals surface area contributed by atoms with Crippen LogP contribution >= 0.6 is 0 Å². The van der Waals surface area contributed by atoms with Crippen molar-refractivity contribution in [1.82, 2.24) is 15.5 Å². The number of rotatable bonds is 7. The highest BCUT2D eigenvalue weighted by Crippen LogP contribution is 2.02. The molecule has 9 nitrogen and oxygen atoms in total. The van der Waals surface area contributed by atoms with Gasteiger partial charge >= 0.3 is 11.9 Å². The van der Waals surface area contributed by atoms with Gasteiger partial charge in [-0.25, -0.2) is 0 Å². The van der Waals surface area contributed by atoms with Crippen LogP contribution in [-0.4, -0.2) is 78.8 Å². The van der Waals surface area contributed by atoms with Crippen LogP contribution in [0.5, 0.6) is 0 Å². The van der Waals surface area contributed by atoms with Crippen LogP contribution in [0.2, 0.25) is 0 Å². The van der Waals surface area contributed by atoms with Crippen molar-refractivity contribution in [2.45, 2.75) is 51.4 Å². The second-order valence-electron chi connectivity index (χ2n) is 6.54. The summed E-state index contributed by atoms with van der Waals surface area (Å²) in [7, 11) is 0. The van der Waals surface area contributed by atoms with E-state index < -0.39 is 11.9 Å². The number of piperazine rings is 1. The number of carboxylic acids is 2. The van der Waals surface area contributed by atoms with Crippen molar-refractivity contribution < 1.29 is 24.6 Å². The molecule has 0 atom stereocenters. The van der Waals surface area contributed by atoms with E-state index in [1.807, 2.05) is 0 Å². The normalized spacial score (nSPS) is 17.3. The third-order valence-corrected chi connectivity index (χ3v) is 4.09. The van der Waals surface area contributed by atoms with Crippen LogP contribution in [0.15, 0.2) is 0 Å². The lowest BCUT2D eigenvalue weighted by molar-refractivity contribution is -0.139. The Bertz CT molecular complexity index is 386. The van der Waals surface area contributed by atoms with Crippen molar-refractivity contribution in [1.29, 1.82) is 0 Å². The third-order valence-electron chi connectivity index (χ3n) is 4.09. The molecule has 2 heterocycles. The molecule has 0 aromatic carbocycles. The molecule has 2 rings (SSSR count). The van der Waals surface area contributed by atoms with Gasteiger partial charge in [0.2, 0.25) is 5.91 Å². The second-order valence-corrected chi connectivity index (χ2v) is 6.54. The van der Waals surface area contributed by atoms with Crippen molar-refractivity contribution in [2.75, 3.05) is 45.8 Å². The van der Waals surface area contributed by atoms with E-state index in [0.717, 1.165) is 65.1 Å². The van der Waals surface area contributed by atoms with Gasteiger partial charge in [0, 0.05) is 65.1 Å². The zero-order valence-corrected chi connectivity index (χ0v) is 16.3. The number of hydrogen-bond acceptors (Lipinski definition) is 6. The number of nitrogens with zero attached hydrogens (tertiary/aromatic N) is 1. The van der Waals surface area contributed by atoms with Crippen molar-refractivity contribution in [2.24, 2.45) is 5.73 Å². The number of carbonyl (C=O) groups is 3. The summed E-state index contributed by atoms with van der Waals surface area (Å²) in [6.07, 6.45) is 5.19. The SMILES string of the molecule is NCCN1CCNCC1.O=C(O)CCCCC(=O)O.O=C1CCCCCN1. The summed E-state index contributed by atoms with van der Waals surface area (Å²) in [6, 6.07) is 0. The molecule has 0 radical (unpaired) electrons. The fraction of sp³-hybridized carbons (Fsp3) is 0.833. The summed E-state index contributed by atoms with van der Waals surface area (Å²) in [4.78, 5) is 32.8. The lowest BCUT2D eigenvalue weighted by atomic mass is 10.2. The summed E-state index contributed by atoms with van der Waals surface area (Å²) >= 11 is 0.